The fraction of sp³-hybridized carbons (Fsp3) is 0.368. The van der Waals surface area contributed by atoms with Gasteiger partial charge in [-0.3, -0.25) is 14.3 Å². The Bertz CT molecular complexity index is 1050. The van der Waals surface area contributed by atoms with Crippen LogP contribution in [0.3, 0.4) is 0 Å². The Morgan fingerprint density at radius 3 is 2.57 bits per heavy atom. The zero-order chi connectivity index (χ0) is 19.7. The summed E-state index contributed by atoms with van der Waals surface area (Å²) in [5.74, 6) is 0.874. The van der Waals surface area contributed by atoms with Crippen molar-refractivity contribution in [3.05, 3.63) is 53.0 Å². The van der Waals surface area contributed by atoms with Crippen molar-refractivity contribution in [2.24, 2.45) is 0 Å². The monoisotopic (exact) mass is 386 g/mol. The molecule has 4 rings (SSSR count). The van der Waals surface area contributed by atoms with Gasteiger partial charge in [0.25, 0.3) is 12.0 Å². The number of aromatic nitrogens is 4. The molecule has 0 spiro atoms. The fourth-order valence-corrected chi connectivity index (χ4v) is 3.42. The molecule has 1 fully saturated rings. The molecule has 1 aliphatic heterocycles. The van der Waals surface area contributed by atoms with Crippen LogP contribution in [0.4, 0.5) is 20.3 Å². The largest absolute Gasteiger partial charge is 0.368 e. The molecule has 0 atom stereocenters. The predicted molar refractivity (Wildman–Crippen MR) is 103 cm³/mol. The lowest BCUT2D eigenvalue weighted by molar-refractivity contribution is 0.125. The molecule has 146 valence electrons. The van der Waals surface area contributed by atoms with Crippen molar-refractivity contribution in [3.63, 3.8) is 0 Å². The molecule has 3 aromatic rings. The lowest BCUT2D eigenvalue weighted by Crippen LogP contribution is -2.46. The van der Waals surface area contributed by atoms with E-state index in [0.717, 1.165) is 47.9 Å². The molecule has 0 amide bonds. The Hall–Kier alpha value is -3.10. The number of hydrogen-bond donors (Lipinski definition) is 0. The number of anilines is 2. The van der Waals surface area contributed by atoms with E-state index >= 15 is 0 Å². The molecule has 0 N–H and O–H groups in total. The van der Waals surface area contributed by atoms with Gasteiger partial charge in [0.05, 0.1) is 35.7 Å². The molecule has 1 aliphatic rings. The van der Waals surface area contributed by atoms with E-state index in [1.165, 1.54) is 6.33 Å². The summed E-state index contributed by atoms with van der Waals surface area (Å²) in [6, 6.07) is 5.35. The lowest BCUT2D eigenvalue weighted by Gasteiger charge is -2.36. The molecule has 0 unspecified atom stereocenters. The van der Waals surface area contributed by atoms with Crippen molar-refractivity contribution >= 4 is 22.4 Å². The summed E-state index contributed by atoms with van der Waals surface area (Å²) in [4.78, 5) is 29.7. The van der Waals surface area contributed by atoms with E-state index in [0.29, 0.717) is 10.9 Å². The molecule has 7 nitrogen and oxygen atoms in total. The van der Waals surface area contributed by atoms with Crippen LogP contribution in [0.2, 0.25) is 0 Å². The predicted octanol–water partition coefficient (Wildman–Crippen LogP) is 2.09. The van der Waals surface area contributed by atoms with Gasteiger partial charge in [-0.15, -0.1) is 0 Å². The SMILES string of the molecule is Cc1cncc(N2CCN(c3ccc4c(=O)n(CC(F)F)cnc4c3)CC2)n1. The first-order valence-electron chi connectivity index (χ1n) is 9.07. The van der Waals surface area contributed by atoms with E-state index in [-0.39, 0.29) is 0 Å². The summed E-state index contributed by atoms with van der Waals surface area (Å²) in [6.45, 7) is 4.48. The molecular weight excluding hydrogens is 366 g/mol. The number of aryl methyl sites for hydroxylation is 1. The number of rotatable bonds is 4. The first kappa shape index (κ1) is 18.3. The Morgan fingerprint density at radius 2 is 1.86 bits per heavy atom. The van der Waals surface area contributed by atoms with Gasteiger partial charge in [-0.2, -0.15) is 0 Å². The average molecular weight is 386 g/mol. The first-order chi connectivity index (χ1) is 13.5. The fourth-order valence-electron chi connectivity index (χ4n) is 3.42. The van der Waals surface area contributed by atoms with Crippen molar-refractivity contribution in [1.29, 1.82) is 0 Å². The van der Waals surface area contributed by atoms with E-state index in [1.807, 2.05) is 19.1 Å². The second-order valence-electron chi connectivity index (χ2n) is 6.79. The van der Waals surface area contributed by atoms with Crippen LogP contribution in [0.5, 0.6) is 0 Å². The van der Waals surface area contributed by atoms with Crippen LogP contribution in [0, 0.1) is 6.92 Å². The number of nitrogens with zero attached hydrogens (tertiary/aromatic N) is 6. The highest BCUT2D eigenvalue weighted by Crippen LogP contribution is 2.22. The van der Waals surface area contributed by atoms with Gasteiger partial charge < -0.3 is 9.80 Å². The minimum Gasteiger partial charge on any atom is -0.368 e. The molecule has 1 saturated heterocycles. The molecule has 2 aromatic heterocycles. The van der Waals surface area contributed by atoms with Crippen LogP contribution in [0.15, 0.2) is 41.7 Å². The molecule has 28 heavy (non-hydrogen) atoms. The topological polar surface area (TPSA) is 67.2 Å². The second-order valence-corrected chi connectivity index (χ2v) is 6.79. The molecule has 0 saturated carbocycles. The standard InChI is InChI=1S/C19H20F2N6O/c1-13-9-22-10-18(24-13)26-6-4-25(5-7-26)14-2-3-15-16(8-14)23-12-27(19(15)28)11-17(20)21/h2-3,8-10,12,17H,4-7,11H2,1H3. The highest BCUT2D eigenvalue weighted by molar-refractivity contribution is 5.81. The van der Waals surface area contributed by atoms with E-state index in [9.17, 15) is 13.6 Å². The van der Waals surface area contributed by atoms with Crippen molar-refractivity contribution in [1.82, 2.24) is 19.5 Å². The highest BCUT2D eigenvalue weighted by Gasteiger charge is 2.19. The van der Waals surface area contributed by atoms with Crippen LogP contribution in [0.25, 0.3) is 10.9 Å². The van der Waals surface area contributed by atoms with Crippen LogP contribution < -0.4 is 15.4 Å². The first-order valence-corrected chi connectivity index (χ1v) is 9.07. The van der Waals surface area contributed by atoms with Crippen LogP contribution in [-0.4, -0.2) is 52.1 Å². The average Bonchev–Trinajstić information content (AvgIpc) is 2.70. The third-order valence-electron chi connectivity index (χ3n) is 4.85. The zero-order valence-corrected chi connectivity index (χ0v) is 15.4. The summed E-state index contributed by atoms with van der Waals surface area (Å²) < 4.78 is 26.1. The molecule has 0 radical (unpaired) electrons. The summed E-state index contributed by atoms with van der Waals surface area (Å²) in [6.07, 6.45) is 2.10. The van der Waals surface area contributed by atoms with Gasteiger partial charge >= 0.3 is 0 Å². The number of alkyl halides is 2. The van der Waals surface area contributed by atoms with Crippen LogP contribution in [0.1, 0.15) is 5.69 Å². The maximum Gasteiger partial charge on any atom is 0.261 e. The van der Waals surface area contributed by atoms with Gasteiger partial charge in [-0.25, -0.2) is 18.7 Å². The van der Waals surface area contributed by atoms with Crippen molar-refractivity contribution in [2.75, 3.05) is 36.0 Å². The Labute approximate surface area is 160 Å². The molecular formula is C19H20F2N6O. The van der Waals surface area contributed by atoms with Crippen LogP contribution in [-0.2, 0) is 6.54 Å². The van der Waals surface area contributed by atoms with E-state index in [2.05, 4.69) is 24.8 Å². The maximum atomic E-state index is 12.6. The minimum absolute atomic E-state index is 0.348. The summed E-state index contributed by atoms with van der Waals surface area (Å²) in [5, 5.41) is 0.348. The molecule has 0 bridgehead atoms. The van der Waals surface area contributed by atoms with Gasteiger partial charge in [-0.1, -0.05) is 0 Å². The van der Waals surface area contributed by atoms with E-state index in [4.69, 9.17) is 0 Å². The summed E-state index contributed by atoms with van der Waals surface area (Å²) in [7, 11) is 0. The van der Waals surface area contributed by atoms with Crippen molar-refractivity contribution < 1.29 is 8.78 Å². The maximum absolute atomic E-state index is 12.6. The Kier molecular flexibility index (Phi) is 4.89. The molecule has 1 aromatic carbocycles. The normalized spacial score (nSPS) is 14.9. The van der Waals surface area contributed by atoms with Gasteiger partial charge in [0.2, 0.25) is 0 Å². The molecule has 3 heterocycles. The van der Waals surface area contributed by atoms with Crippen molar-refractivity contribution in [3.8, 4) is 0 Å². The third kappa shape index (κ3) is 3.64. The number of hydrogen-bond acceptors (Lipinski definition) is 6. The van der Waals surface area contributed by atoms with Gasteiger partial charge in [0, 0.05) is 38.1 Å². The third-order valence-corrected chi connectivity index (χ3v) is 4.85. The number of fused-ring (bicyclic) bond motifs is 1. The summed E-state index contributed by atoms with van der Waals surface area (Å²) >= 11 is 0. The van der Waals surface area contributed by atoms with Gasteiger partial charge in [0.1, 0.15) is 5.82 Å². The van der Waals surface area contributed by atoms with Gasteiger partial charge in [-0.05, 0) is 25.1 Å². The van der Waals surface area contributed by atoms with Crippen LogP contribution >= 0.6 is 0 Å². The number of benzene rings is 1. The quantitative estimate of drug-likeness (QED) is 0.684. The zero-order valence-electron chi connectivity index (χ0n) is 15.4. The minimum atomic E-state index is -2.59. The Morgan fingerprint density at radius 1 is 1.11 bits per heavy atom. The Balaban J connectivity index is 1.51. The molecule has 9 heteroatoms. The van der Waals surface area contributed by atoms with Gasteiger partial charge in [0.15, 0.2) is 0 Å². The number of piperazine rings is 1. The van der Waals surface area contributed by atoms with E-state index < -0.39 is 18.5 Å². The summed E-state index contributed by atoms with van der Waals surface area (Å²) in [5.41, 5.74) is 1.92. The number of halogens is 2. The molecule has 0 aliphatic carbocycles. The van der Waals surface area contributed by atoms with Crippen molar-refractivity contribution in [2.45, 2.75) is 19.9 Å². The highest BCUT2D eigenvalue weighted by atomic mass is 19.3. The lowest BCUT2D eigenvalue weighted by atomic mass is 10.2. The van der Waals surface area contributed by atoms with E-state index in [1.54, 1.807) is 18.5 Å². The second kappa shape index (κ2) is 7.49. The smallest absolute Gasteiger partial charge is 0.261 e.